The van der Waals surface area contributed by atoms with E-state index in [-0.39, 0.29) is 23.5 Å². The van der Waals surface area contributed by atoms with Gasteiger partial charge in [-0.25, -0.2) is 13.1 Å². The van der Waals surface area contributed by atoms with Crippen molar-refractivity contribution in [2.45, 2.75) is 58.9 Å². The molecule has 1 unspecified atom stereocenters. The van der Waals surface area contributed by atoms with Crippen molar-refractivity contribution in [2.24, 2.45) is 5.92 Å². The highest BCUT2D eigenvalue weighted by Crippen LogP contribution is 2.05. The normalized spacial score (nSPS) is 13.3. The summed E-state index contributed by atoms with van der Waals surface area (Å²) in [5.41, 5.74) is 0. The van der Waals surface area contributed by atoms with E-state index in [0.29, 0.717) is 6.54 Å². The maximum absolute atomic E-state index is 12.1. The number of carbonyl (C=O) groups is 1. The van der Waals surface area contributed by atoms with Crippen molar-refractivity contribution >= 4 is 15.7 Å². The van der Waals surface area contributed by atoms with Crippen LogP contribution in [0.25, 0.3) is 0 Å². The first-order valence-corrected chi connectivity index (χ1v) is 9.32. The first-order valence-electron chi connectivity index (χ1n) is 7.50. The van der Waals surface area contributed by atoms with Crippen LogP contribution in [0.15, 0.2) is 0 Å². The zero-order valence-electron chi connectivity index (χ0n) is 13.6. The number of unbranched alkanes of at least 4 members (excludes halogenated alkanes) is 1. The lowest BCUT2D eigenvalue weighted by molar-refractivity contribution is -0.119. The molecular formula is C13H25N5O3S. The van der Waals surface area contributed by atoms with E-state index in [1.807, 2.05) is 27.7 Å². The molecule has 1 aromatic rings. The topological polar surface area (TPSA) is 107 Å². The van der Waals surface area contributed by atoms with Crippen LogP contribution in [-0.4, -0.2) is 46.3 Å². The van der Waals surface area contributed by atoms with Gasteiger partial charge in [0.05, 0.1) is 0 Å². The molecule has 126 valence electrons. The van der Waals surface area contributed by atoms with Gasteiger partial charge in [0.2, 0.25) is 5.91 Å². The zero-order chi connectivity index (χ0) is 16.8. The second-order valence-electron chi connectivity index (χ2n) is 5.80. The van der Waals surface area contributed by atoms with Crippen molar-refractivity contribution < 1.29 is 13.2 Å². The maximum Gasteiger partial charge on any atom is 0.235 e. The van der Waals surface area contributed by atoms with Crippen molar-refractivity contribution in [3.8, 4) is 0 Å². The number of nitrogens with zero attached hydrogens (tertiary/aromatic N) is 4. The molecule has 0 aromatic carbocycles. The Morgan fingerprint density at radius 2 is 2.00 bits per heavy atom. The maximum atomic E-state index is 12.1. The quantitative estimate of drug-likeness (QED) is 0.708. The fourth-order valence-corrected chi connectivity index (χ4v) is 2.90. The monoisotopic (exact) mass is 331 g/mol. The third-order valence-corrected chi connectivity index (χ3v) is 4.82. The average Bonchev–Trinajstić information content (AvgIpc) is 2.81. The van der Waals surface area contributed by atoms with Crippen LogP contribution in [0, 0.1) is 5.92 Å². The molecule has 0 aliphatic carbocycles. The van der Waals surface area contributed by atoms with Gasteiger partial charge in [-0.15, -0.1) is 5.10 Å². The van der Waals surface area contributed by atoms with Crippen molar-refractivity contribution in [3.63, 3.8) is 0 Å². The summed E-state index contributed by atoms with van der Waals surface area (Å²) in [4.78, 5) is 11.8. The van der Waals surface area contributed by atoms with E-state index in [1.165, 1.54) is 4.68 Å². The summed E-state index contributed by atoms with van der Waals surface area (Å²) >= 11 is 0. The number of nitrogens with one attached hydrogen (secondary N) is 1. The molecule has 0 saturated heterocycles. The predicted molar refractivity (Wildman–Crippen MR) is 82.7 cm³/mol. The number of sulfone groups is 1. The van der Waals surface area contributed by atoms with E-state index < -0.39 is 21.5 Å². The fraction of sp³-hybridized carbons (Fsp3) is 0.846. The van der Waals surface area contributed by atoms with Crippen LogP contribution in [0.1, 0.15) is 46.4 Å². The number of aromatic nitrogens is 4. The van der Waals surface area contributed by atoms with Crippen LogP contribution in [0.4, 0.5) is 0 Å². The lowest BCUT2D eigenvalue weighted by atomic mass is 10.1. The molecule has 1 rings (SSSR count). The lowest BCUT2D eigenvalue weighted by Crippen LogP contribution is -2.39. The first-order chi connectivity index (χ1) is 10.2. The Labute approximate surface area is 131 Å². The summed E-state index contributed by atoms with van der Waals surface area (Å²) in [6, 6.07) is -0.0717. The van der Waals surface area contributed by atoms with Crippen molar-refractivity contribution in [3.05, 3.63) is 5.82 Å². The highest BCUT2D eigenvalue weighted by molar-refractivity contribution is 7.91. The van der Waals surface area contributed by atoms with E-state index >= 15 is 0 Å². The third-order valence-electron chi connectivity index (χ3n) is 3.42. The third kappa shape index (κ3) is 6.08. The molecule has 8 nitrogen and oxygen atoms in total. The second kappa shape index (κ2) is 8.21. The summed E-state index contributed by atoms with van der Waals surface area (Å²) in [5.74, 6) is -0.849. The number of rotatable bonds is 9. The van der Waals surface area contributed by atoms with E-state index in [4.69, 9.17) is 0 Å². The van der Waals surface area contributed by atoms with Gasteiger partial charge in [0.25, 0.3) is 0 Å². The molecule has 1 N–H and O–H groups in total. The van der Waals surface area contributed by atoms with Gasteiger partial charge in [-0.2, -0.15) is 0 Å². The molecule has 22 heavy (non-hydrogen) atoms. The van der Waals surface area contributed by atoms with E-state index in [1.54, 1.807) is 0 Å². The molecule has 0 radical (unpaired) electrons. The first kappa shape index (κ1) is 18.5. The van der Waals surface area contributed by atoms with Crippen LogP contribution in [0.3, 0.4) is 0 Å². The van der Waals surface area contributed by atoms with Gasteiger partial charge in [0.1, 0.15) is 11.5 Å². The number of hydrogen-bond donors (Lipinski definition) is 1. The van der Waals surface area contributed by atoms with Crippen LogP contribution in [0.2, 0.25) is 0 Å². The van der Waals surface area contributed by atoms with Crippen molar-refractivity contribution in [1.82, 2.24) is 25.5 Å². The van der Waals surface area contributed by atoms with Crippen LogP contribution in [0.5, 0.6) is 0 Å². The Hall–Kier alpha value is -1.51. The second-order valence-corrected chi connectivity index (χ2v) is 7.87. The Kier molecular flexibility index (Phi) is 6.92. The molecule has 1 aromatic heterocycles. The minimum Gasteiger partial charge on any atom is -0.353 e. The smallest absolute Gasteiger partial charge is 0.235 e. The largest absolute Gasteiger partial charge is 0.353 e. The Bertz CT molecular complexity index is 582. The molecule has 1 heterocycles. The molecule has 0 bridgehead atoms. The zero-order valence-corrected chi connectivity index (χ0v) is 14.4. The van der Waals surface area contributed by atoms with E-state index in [2.05, 4.69) is 20.8 Å². The summed E-state index contributed by atoms with van der Waals surface area (Å²) in [5, 5.41) is 13.7. The number of tetrazole rings is 1. The van der Waals surface area contributed by atoms with Crippen LogP contribution >= 0.6 is 0 Å². The average molecular weight is 331 g/mol. The molecule has 9 heteroatoms. The molecule has 0 saturated carbocycles. The van der Waals surface area contributed by atoms with Gasteiger partial charge in [-0.05, 0) is 29.7 Å². The molecular weight excluding hydrogens is 306 g/mol. The number of carbonyl (C=O) groups excluding carboxylic acids is 1. The standard InChI is InChI=1S/C13H25N5O3S/c1-5-6-7-18-12(15-16-17-18)8-22(20,21)9-13(19)14-11(4)10(2)3/h10-11H,5-9H2,1-4H3,(H,14,19). The Balaban J connectivity index is 2.64. The van der Waals surface area contributed by atoms with Gasteiger partial charge in [0, 0.05) is 12.6 Å². The van der Waals surface area contributed by atoms with Crippen molar-refractivity contribution in [1.29, 1.82) is 0 Å². The molecule has 0 aliphatic rings. The van der Waals surface area contributed by atoms with E-state index in [9.17, 15) is 13.2 Å². The van der Waals surface area contributed by atoms with Gasteiger partial charge in [-0.1, -0.05) is 27.2 Å². The SMILES string of the molecule is CCCCn1nnnc1CS(=O)(=O)CC(=O)NC(C)C(C)C. The minimum absolute atomic E-state index is 0.0717. The summed E-state index contributed by atoms with van der Waals surface area (Å²) in [6.07, 6.45) is 1.83. The minimum atomic E-state index is -3.60. The number of aryl methyl sites for hydroxylation is 1. The van der Waals surface area contributed by atoms with Gasteiger partial charge in [-0.3, -0.25) is 4.79 Å². The van der Waals surface area contributed by atoms with E-state index in [0.717, 1.165) is 12.8 Å². The molecule has 1 atom stereocenters. The highest BCUT2D eigenvalue weighted by atomic mass is 32.2. The predicted octanol–water partition coefficient (Wildman–Crippen LogP) is 0.549. The van der Waals surface area contributed by atoms with Gasteiger partial charge in [0.15, 0.2) is 15.7 Å². The molecule has 0 fully saturated rings. The summed E-state index contributed by atoms with van der Waals surface area (Å²) in [6.45, 7) is 8.37. The van der Waals surface area contributed by atoms with Crippen LogP contribution in [-0.2, 0) is 26.9 Å². The fourth-order valence-electron chi connectivity index (χ4n) is 1.72. The Morgan fingerprint density at radius 3 is 2.59 bits per heavy atom. The molecule has 0 spiro atoms. The van der Waals surface area contributed by atoms with Gasteiger partial charge >= 0.3 is 0 Å². The molecule has 0 aliphatic heterocycles. The Morgan fingerprint density at radius 1 is 1.32 bits per heavy atom. The summed E-state index contributed by atoms with van der Waals surface area (Å²) in [7, 11) is -3.60. The van der Waals surface area contributed by atoms with Crippen molar-refractivity contribution in [2.75, 3.05) is 5.75 Å². The number of hydrogen-bond acceptors (Lipinski definition) is 6. The molecule has 1 amide bonds. The highest BCUT2D eigenvalue weighted by Gasteiger charge is 2.22. The lowest BCUT2D eigenvalue weighted by Gasteiger charge is -2.17. The summed E-state index contributed by atoms with van der Waals surface area (Å²) < 4.78 is 25.7. The van der Waals surface area contributed by atoms with Gasteiger partial charge < -0.3 is 5.32 Å². The van der Waals surface area contributed by atoms with Crippen LogP contribution < -0.4 is 5.32 Å². The number of amides is 1.